The first-order chi connectivity index (χ1) is 15.6. The molecule has 0 saturated heterocycles. The van der Waals surface area contributed by atoms with Crippen LogP contribution in [-0.4, -0.2) is 39.7 Å². The minimum Gasteiger partial charge on any atom is -0.335 e. The number of hydrogen-bond acceptors (Lipinski definition) is 5. The van der Waals surface area contributed by atoms with E-state index in [2.05, 4.69) is 35.1 Å². The number of rotatable bonds is 3. The Morgan fingerprint density at radius 2 is 1.94 bits per heavy atom. The van der Waals surface area contributed by atoms with Crippen molar-refractivity contribution in [3.8, 4) is 34.0 Å². The van der Waals surface area contributed by atoms with Crippen molar-refractivity contribution in [2.24, 2.45) is 7.05 Å². The summed E-state index contributed by atoms with van der Waals surface area (Å²) < 4.78 is 15.8. The predicted molar refractivity (Wildman–Crippen MR) is 119 cm³/mol. The number of pyridine rings is 2. The smallest absolute Gasteiger partial charge is 0.178 e. The molecule has 0 aliphatic heterocycles. The average Bonchev–Trinajstić information content (AvgIpc) is 3.50. The maximum absolute atomic E-state index is 13.8. The first kappa shape index (κ1) is 18.4. The molecular formula is C23H17FN8. The second-order valence-electron chi connectivity index (χ2n) is 7.59. The number of benzene rings is 1. The highest BCUT2D eigenvalue weighted by Gasteiger charge is 2.17. The molecule has 0 bridgehead atoms. The lowest BCUT2D eigenvalue weighted by Gasteiger charge is -2.03. The molecule has 6 aromatic rings. The van der Waals surface area contributed by atoms with Crippen LogP contribution < -0.4 is 0 Å². The van der Waals surface area contributed by atoms with Crippen LogP contribution in [0.3, 0.4) is 0 Å². The summed E-state index contributed by atoms with van der Waals surface area (Å²) in [5.41, 5.74) is 5.98. The highest BCUT2D eigenvalue weighted by molar-refractivity contribution is 5.96. The number of nitrogens with zero attached hydrogens (tertiary/aromatic N) is 6. The molecule has 8 nitrogen and oxygen atoms in total. The van der Waals surface area contributed by atoms with Crippen LogP contribution in [0.2, 0.25) is 0 Å². The lowest BCUT2D eigenvalue weighted by atomic mass is 10.1. The molecule has 6 rings (SSSR count). The Morgan fingerprint density at radius 1 is 1.03 bits per heavy atom. The predicted octanol–water partition coefficient (Wildman–Crippen LogP) is 4.41. The number of aryl methyl sites for hydroxylation is 1. The Morgan fingerprint density at radius 3 is 2.75 bits per heavy atom. The summed E-state index contributed by atoms with van der Waals surface area (Å²) in [7, 11) is 1.96. The van der Waals surface area contributed by atoms with Crippen molar-refractivity contribution in [1.29, 1.82) is 0 Å². The highest BCUT2D eigenvalue weighted by Crippen LogP contribution is 2.32. The SMILES string of the molecule is Cc1ncc(-c2cc3c(-c4nc5nccc(-c6cccc(F)c6)c5[nH]4)n[nH]c3cn2)n1C. The number of hydrogen-bond donors (Lipinski definition) is 2. The van der Waals surface area contributed by atoms with Crippen molar-refractivity contribution in [2.45, 2.75) is 6.92 Å². The van der Waals surface area contributed by atoms with Crippen molar-refractivity contribution in [1.82, 2.24) is 39.7 Å². The van der Waals surface area contributed by atoms with E-state index in [1.807, 2.05) is 36.7 Å². The molecule has 156 valence electrons. The molecule has 5 aromatic heterocycles. The van der Waals surface area contributed by atoms with E-state index in [0.29, 0.717) is 17.2 Å². The number of aromatic amines is 2. The van der Waals surface area contributed by atoms with Crippen molar-refractivity contribution < 1.29 is 4.39 Å². The molecule has 0 radical (unpaired) electrons. The third-order valence-corrected chi connectivity index (χ3v) is 5.68. The number of imidazole rings is 2. The average molecular weight is 424 g/mol. The molecule has 0 spiro atoms. The van der Waals surface area contributed by atoms with Gasteiger partial charge in [-0.25, -0.2) is 19.3 Å². The maximum Gasteiger partial charge on any atom is 0.178 e. The second-order valence-corrected chi connectivity index (χ2v) is 7.59. The van der Waals surface area contributed by atoms with Gasteiger partial charge in [-0.15, -0.1) is 0 Å². The third kappa shape index (κ3) is 2.78. The molecule has 0 saturated carbocycles. The van der Waals surface area contributed by atoms with E-state index in [1.54, 1.807) is 24.7 Å². The zero-order valence-corrected chi connectivity index (χ0v) is 17.3. The van der Waals surface area contributed by atoms with E-state index in [1.165, 1.54) is 12.1 Å². The van der Waals surface area contributed by atoms with Crippen molar-refractivity contribution in [3.05, 3.63) is 66.6 Å². The Bertz CT molecular complexity index is 1620. The fourth-order valence-electron chi connectivity index (χ4n) is 3.90. The molecule has 1 aromatic carbocycles. The fourth-order valence-corrected chi connectivity index (χ4v) is 3.90. The number of H-pyrrole nitrogens is 2. The molecule has 2 N–H and O–H groups in total. The van der Waals surface area contributed by atoms with Crippen LogP contribution >= 0.6 is 0 Å². The quantitative estimate of drug-likeness (QED) is 0.438. The van der Waals surface area contributed by atoms with Crippen LogP contribution in [0, 0.1) is 12.7 Å². The fraction of sp³-hybridized carbons (Fsp3) is 0.0870. The number of aromatic nitrogens is 8. The van der Waals surface area contributed by atoms with Crippen LogP contribution in [0.1, 0.15) is 5.82 Å². The molecule has 0 atom stereocenters. The van der Waals surface area contributed by atoms with Gasteiger partial charge in [-0.1, -0.05) is 12.1 Å². The lowest BCUT2D eigenvalue weighted by Crippen LogP contribution is -1.95. The van der Waals surface area contributed by atoms with Gasteiger partial charge in [-0.2, -0.15) is 5.10 Å². The summed E-state index contributed by atoms with van der Waals surface area (Å²) in [6.45, 7) is 1.95. The molecular weight excluding hydrogens is 407 g/mol. The molecule has 0 aliphatic carbocycles. The van der Waals surface area contributed by atoms with Crippen LogP contribution in [0.25, 0.3) is 56.1 Å². The largest absolute Gasteiger partial charge is 0.335 e. The summed E-state index contributed by atoms with van der Waals surface area (Å²) in [4.78, 5) is 21.3. The van der Waals surface area contributed by atoms with Gasteiger partial charge in [0, 0.05) is 24.2 Å². The van der Waals surface area contributed by atoms with Gasteiger partial charge in [0.25, 0.3) is 0 Å². The second kappa shape index (κ2) is 6.81. The van der Waals surface area contributed by atoms with Crippen LogP contribution in [0.15, 0.2) is 55.0 Å². The van der Waals surface area contributed by atoms with Gasteiger partial charge in [0.15, 0.2) is 11.5 Å². The topological polar surface area (TPSA) is 101 Å². The highest BCUT2D eigenvalue weighted by atomic mass is 19.1. The van der Waals surface area contributed by atoms with Gasteiger partial charge in [-0.3, -0.25) is 10.1 Å². The van der Waals surface area contributed by atoms with E-state index in [0.717, 1.165) is 44.8 Å². The zero-order valence-electron chi connectivity index (χ0n) is 17.3. The molecule has 32 heavy (non-hydrogen) atoms. The minimum atomic E-state index is -0.295. The van der Waals surface area contributed by atoms with Gasteiger partial charge in [0.05, 0.1) is 34.8 Å². The molecule has 0 fully saturated rings. The normalized spacial score (nSPS) is 11.6. The molecule has 5 heterocycles. The standard InChI is InChI=1S/C23H17FN8/c1-12-26-11-19(32(12)2)17-9-16-18(10-27-17)30-31-21(16)23-28-20-15(6-7-25-22(20)29-23)13-4-3-5-14(24)8-13/h3-11H,1-2H3,(H,30,31)(H,25,28,29). The summed E-state index contributed by atoms with van der Waals surface area (Å²) in [5.74, 6) is 1.18. The van der Waals surface area contributed by atoms with Gasteiger partial charge in [0.2, 0.25) is 0 Å². The van der Waals surface area contributed by atoms with Gasteiger partial charge in [-0.05, 0) is 36.8 Å². The summed E-state index contributed by atoms with van der Waals surface area (Å²) in [6, 6.07) is 10.3. The first-order valence-electron chi connectivity index (χ1n) is 10.0. The molecule has 0 amide bonds. The number of nitrogens with one attached hydrogen (secondary N) is 2. The van der Waals surface area contributed by atoms with Crippen molar-refractivity contribution >= 4 is 22.1 Å². The molecule has 9 heteroatoms. The Kier molecular flexibility index (Phi) is 3.91. The first-order valence-corrected chi connectivity index (χ1v) is 10.0. The van der Waals surface area contributed by atoms with Crippen molar-refractivity contribution in [2.75, 3.05) is 0 Å². The summed E-state index contributed by atoms with van der Waals surface area (Å²) >= 11 is 0. The third-order valence-electron chi connectivity index (χ3n) is 5.68. The van der Waals surface area contributed by atoms with Crippen LogP contribution in [-0.2, 0) is 7.05 Å². The van der Waals surface area contributed by atoms with Gasteiger partial charge < -0.3 is 9.55 Å². The van der Waals surface area contributed by atoms with E-state index < -0.39 is 0 Å². The van der Waals surface area contributed by atoms with E-state index in [-0.39, 0.29) is 5.82 Å². The molecule has 0 unspecified atom stereocenters. The maximum atomic E-state index is 13.8. The van der Waals surface area contributed by atoms with Gasteiger partial charge in [0.1, 0.15) is 17.3 Å². The Labute approximate surface area is 181 Å². The Hall–Kier alpha value is -4.40. The zero-order chi connectivity index (χ0) is 21.8. The van der Waals surface area contributed by atoms with Gasteiger partial charge >= 0.3 is 0 Å². The number of fused-ring (bicyclic) bond motifs is 2. The summed E-state index contributed by atoms with van der Waals surface area (Å²) in [5, 5.41) is 8.36. The van der Waals surface area contributed by atoms with E-state index in [4.69, 9.17) is 0 Å². The lowest BCUT2D eigenvalue weighted by molar-refractivity contribution is 0.628. The summed E-state index contributed by atoms with van der Waals surface area (Å²) in [6.07, 6.45) is 5.23. The Balaban J connectivity index is 1.52. The van der Waals surface area contributed by atoms with Crippen LogP contribution in [0.4, 0.5) is 4.39 Å². The monoisotopic (exact) mass is 424 g/mol. The van der Waals surface area contributed by atoms with E-state index >= 15 is 0 Å². The van der Waals surface area contributed by atoms with Crippen LogP contribution in [0.5, 0.6) is 0 Å². The van der Waals surface area contributed by atoms with E-state index in [9.17, 15) is 4.39 Å². The van der Waals surface area contributed by atoms with Crippen molar-refractivity contribution in [3.63, 3.8) is 0 Å². The molecule has 0 aliphatic rings. The minimum absolute atomic E-state index is 0.295. The number of halogens is 1.